The largest absolute Gasteiger partial charge is 0.395 e. The lowest BCUT2D eigenvalue weighted by atomic mass is 10.1. The van der Waals surface area contributed by atoms with Crippen LogP contribution in [-0.4, -0.2) is 48.7 Å². The molecule has 0 aromatic heterocycles. The Labute approximate surface area is 125 Å². The van der Waals surface area contributed by atoms with Crippen LogP contribution in [0.2, 0.25) is 0 Å². The summed E-state index contributed by atoms with van der Waals surface area (Å²) in [6, 6.07) is 5.01. The normalized spacial score (nSPS) is 19.3. The second-order valence-electron chi connectivity index (χ2n) is 5.08. The molecule has 1 heterocycles. The van der Waals surface area contributed by atoms with Crippen molar-refractivity contribution in [1.82, 2.24) is 4.31 Å². The number of rotatable bonds is 3. The van der Waals surface area contributed by atoms with E-state index in [2.05, 4.69) is 11.8 Å². The SMILES string of the molecule is Cc1ccc(S(=O)(=O)N2CCC(O)C2)c(C#CCCO)c1. The monoisotopic (exact) mass is 309 g/mol. The third kappa shape index (κ3) is 3.63. The lowest BCUT2D eigenvalue weighted by Gasteiger charge is -2.17. The molecule has 0 bridgehead atoms. The predicted octanol–water partition coefficient (Wildman–Crippen LogP) is 0.484. The van der Waals surface area contributed by atoms with Crippen molar-refractivity contribution in [1.29, 1.82) is 0 Å². The lowest BCUT2D eigenvalue weighted by molar-refractivity contribution is 0.189. The van der Waals surface area contributed by atoms with Gasteiger partial charge in [-0.15, -0.1) is 0 Å². The zero-order valence-corrected chi connectivity index (χ0v) is 12.7. The maximum absolute atomic E-state index is 12.6. The Kier molecular flexibility index (Phi) is 5.01. The first-order valence-electron chi connectivity index (χ1n) is 6.83. The molecule has 21 heavy (non-hydrogen) atoms. The molecule has 2 N–H and O–H groups in total. The molecule has 1 aliphatic rings. The Bertz CT molecular complexity index is 673. The van der Waals surface area contributed by atoms with Crippen LogP contribution in [0, 0.1) is 18.8 Å². The summed E-state index contributed by atoms with van der Waals surface area (Å²) >= 11 is 0. The molecule has 1 atom stereocenters. The molecule has 1 saturated heterocycles. The van der Waals surface area contributed by atoms with Gasteiger partial charge in [0, 0.05) is 25.1 Å². The molecule has 0 radical (unpaired) electrons. The van der Waals surface area contributed by atoms with Crippen LogP contribution < -0.4 is 0 Å². The van der Waals surface area contributed by atoms with Crippen molar-refractivity contribution in [2.24, 2.45) is 0 Å². The molecule has 114 valence electrons. The minimum atomic E-state index is -3.65. The van der Waals surface area contributed by atoms with Crippen molar-refractivity contribution < 1.29 is 18.6 Å². The third-order valence-electron chi connectivity index (χ3n) is 3.34. The molecule has 5 nitrogen and oxygen atoms in total. The summed E-state index contributed by atoms with van der Waals surface area (Å²) in [4.78, 5) is 0.160. The van der Waals surface area contributed by atoms with Crippen molar-refractivity contribution >= 4 is 10.0 Å². The Hall–Kier alpha value is -1.39. The van der Waals surface area contributed by atoms with E-state index >= 15 is 0 Å². The first-order valence-corrected chi connectivity index (χ1v) is 8.28. The molecule has 1 aromatic carbocycles. The number of aryl methyl sites for hydroxylation is 1. The Morgan fingerprint density at radius 1 is 1.43 bits per heavy atom. The maximum Gasteiger partial charge on any atom is 0.244 e. The number of hydrogen-bond acceptors (Lipinski definition) is 4. The molecule has 0 saturated carbocycles. The number of aliphatic hydroxyl groups is 2. The van der Waals surface area contributed by atoms with E-state index in [9.17, 15) is 13.5 Å². The van der Waals surface area contributed by atoms with Gasteiger partial charge in [0.05, 0.1) is 17.6 Å². The fourth-order valence-corrected chi connectivity index (χ4v) is 3.87. The molecule has 1 aromatic rings. The molecule has 0 amide bonds. The van der Waals surface area contributed by atoms with E-state index < -0.39 is 16.1 Å². The second kappa shape index (κ2) is 6.58. The highest BCUT2D eigenvalue weighted by Crippen LogP contribution is 2.24. The highest BCUT2D eigenvalue weighted by molar-refractivity contribution is 7.89. The van der Waals surface area contributed by atoms with Gasteiger partial charge in [-0.3, -0.25) is 0 Å². The van der Waals surface area contributed by atoms with E-state index in [1.165, 1.54) is 4.31 Å². The summed E-state index contributed by atoms with van der Waals surface area (Å²) < 4.78 is 26.6. The van der Waals surface area contributed by atoms with E-state index in [-0.39, 0.29) is 18.0 Å². The first kappa shape index (κ1) is 16.0. The summed E-state index contributed by atoms with van der Waals surface area (Å²) in [5.74, 6) is 5.58. The van der Waals surface area contributed by atoms with Gasteiger partial charge in [0.15, 0.2) is 0 Å². The van der Waals surface area contributed by atoms with Crippen LogP contribution in [0.5, 0.6) is 0 Å². The van der Waals surface area contributed by atoms with Gasteiger partial charge < -0.3 is 10.2 Å². The molecule has 1 fully saturated rings. The van der Waals surface area contributed by atoms with E-state index in [0.717, 1.165) is 5.56 Å². The minimum absolute atomic E-state index is 0.0563. The third-order valence-corrected chi connectivity index (χ3v) is 5.26. The zero-order chi connectivity index (χ0) is 15.5. The number of β-amino-alcohol motifs (C(OH)–C–C–N with tert-alkyl or cyclic N) is 1. The average molecular weight is 309 g/mol. The van der Waals surface area contributed by atoms with Gasteiger partial charge in [0.25, 0.3) is 0 Å². The van der Waals surface area contributed by atoms with Crippen LogP contribution in [0.25, 0.3) is 0 Å². The summed E-state index contributed by atoms with van der Waals surface area (Å²) in [6.45, 7) is 2.26. The van der Waals surface area contributed by atoms with E-state index in [0.29, 0.717) is 24.9 Å². The fraction of sp³-hybridized carbons (Fsp3) is 0.467. The Morgan fingerprint density at radius 3 is 2.81 bits per heavy atom. The Balaban J connectivity index is 2.41. The van der Waals surface area contributed by atoms with Crippen LogP contribution in [0.3, 0.4) is 0 Å². The van der Waals surface area contributed by atoms with Crippen LogP contribution in [-0.2, 0) is 10.0 Å². The number of hydrogen-bond donors (Lipinski definition) is 2. The molecular formula is C15H19NO4S. The quantitative estimate of drug-likeness (QED) is 0.796. The van der Waals surface area contributed by atoms with Crippen molar-refractivity contribution in [3.05, 3.63) is 29.3 Å². The number of sulfonamides is 1. The minimum Gasteiger partial charge on any atom is -0.395 e. The zero-order valence-electron chi connectivity index (χ0n) is 11.9. The molecular weight excluding hydrogens is 290 g/mol. The Morgan fingerprint density at radius 2 is 2.19 bits per heavy atom. The van der Waals surface area contributed by atoms with Gasteiger partial charge in [-0.05, 0) is 31.0 Å². The molecule has 1 aliphatic heterocycles. The smallest absolute Gasteiger partial charge is 0.244 e. The van der Waals surface area contributed by atoms with Crippen molar-refractivity contribution in [2.45, 2.75) is 30.8 Å². The second-order valence-corrected chi connectivity index (χ2v) is 6.99. The highest BCUT2D eigenvalue weighted by atomic mass is 32.2. The van der Waals surface area contributed by atoms with Crippen LogP contribution >= 0.6 is 0 Å². The summed E-state index contributed by atoms with van der Waals surface area (Å²) in [7, 11) is -3.65. The van der Waals surface area contributed by atoms with Crippen LogP contribution in [0.15, 0.2) is 23.1 Å². The standard InChI is InChI=1S/C15H19NO4S/c1-12-5-6-15(13(10-12)4-2-3-9-17)21(19,20)16-8-7-14(18)11-16/h5-6,10,14,17-18H,3,7-9,11H2,1H3. The van der Waals surface area contributed by atoms with Gasteiger partial charge in [0.1, 0.15) is 0 Å². The topological polar surface area (TPSA) is 77.8 Å². The number of aliphatic hydroxyl groups excluding tert-OH is 2. The lowest BCUT2D eigenvalue weighted by Crippen LogP contribution is -2.30. The first-order chi connectivity index (χ1) is 9.95. The van der Waals surface area contributed by atoms with E-state index in [1.807, 2.05) is 6.92 Å². The number of benzene rings is 1. The van der Waals surface area contributed by atoms with E-state index in [1.54, 1.807) is 18.2 Å². The molecule has 6 heteroatoms. The molecule has 0 spiro atoms. The molecule has 2 rings (SSSR count). The van der Waals surface area contributed by atoms with Gasteiger partial charge in [-0.2, -0.15) is 4.31 Å². The summed E-state index contributed by atoms with van der Waals surface area (Å²) in [5.41, 5.74) is 1.36. The average Bonchev–Trinajstić information content (AvgIpc) is 2.86. The van der Waals surface area contributed by atoms with Crippen molar-refractivity contribution in [2.75, 3.05) is 19.7 Å². The van der Waals surface area contributed by atoms with Crippen molar-refractivity contribution in [3.63, 3.8) is 0 Å². The van der Waals surface area contributed by atoms with E-state index in [4.69, 9.17) is 5.11 Å². The van der Waals surface area contributed by atoms with Gasteiger partial charge in [-0.25, -0.2) is 8.42 Å². The molecule has 1 unspecified atom stereocenters. The van der Waals surface area contributed by atoms with Gasteiger partial charge in [-0.1, -0.05) is 17.9 Å². The molecule has 0 aliphatic carbocycles. The van der Waals surface area contributed by atoms with Crippen LogP contribution in [0.1, 0.15) is 24.0 Å². The number of nitrogens with zero attached hydrogens (tertiary/aromatic N) is 1. The summed E-state index contributed by atoms with van der Waals surface area (Å²) in [5, 5.41) is 18.3. The van der Waals surface area contributed by atoms with Crippen molar-refractivity contribution in [3.8, 4) is 11.8 Å². The fourth-order valence-electron chi connectivity index (χ4n) is 2.25. The van der Waals surface area contributed by atoms with Gasteiger partial charge in [0.2, 0.25) is 10.0 Å². The maximum atomic E-state index is 12.6. The van der Waals surface area contributed by atoms with Crippen LogP contribution in [0.4, 0.5) is 0 Å². The predicted molar refractivity (Wildman–Crippen MR) is 79.1 cm³/mol. The highest BCUT2D eigenvalue weighted by Gasteiger charge is 2.32. The summed E-state index contributed by atoms with van der Waals surface area (Å²) in [6.07, 6.45) is 0.154. The van der Waals surface area contributed by atoms with Gasteiger partial charge >= 0.3 is 0 Å².